The highest BCUT2D eigenvalue weighted by atomic mass is 35.5. The molecule has 2 aromatic carbocycles. The average molecular weight is 936 g/mol. The molecule has 65 heavy (non-hydrogen) atoms. The second-order valence-electron chi connectivity index (χ2n) is 17.2. The molecule has 2 amide bonds. The molecule has 0 spiro atoms. The number of pyridine rings is 2. The summed E-state index contributed by atoms with van der Waals surface area (Å²) in [4.78, 5) is 75.5. The number of ether oxygens (including phenoxy) is 3. The first-order chi connectivity index (χ1) is 31.0. The highest BCUT2D eigenvalue weighted by Gasteiger charge is 2.43. The Labute approximate surface area is 389 Å². The molecule has 350 valence electrons. The predicted molar refractivity (Wildman–Crippen MR) is 250 cm³/mol. The maximum atomic E-state index is 13.2. The van der Waals surface area contributed by atoms with Gasteiger partial charge in [-0.15, -0.1) is 0 Å². The van der Waals surface area contributed by atoms with Crippen LogP contribution in [0.4, 0.5) is 0 Å². The van der Waals surface area contributed by atoms with E-state index >= 15 is 0 Å². The number of hydrogen-bond donors (Lipinski definition) is 3. The molecule has 2 unspecified atom stereocenters. The highest BCUT2D eigenvalue weighted by Crippen LogP contribution is 2.42. The molecule has 4 aromatic rings. The van der Waals surface area contributed by atoms with E-state index in [9.17, 15) is 33.9 Å². The minimum atomic E-state index is -1.08. The number of aromatic nitrogens is 2. The zero-order valence-corrected chi connectivity index (χ0v) is 39.3. The lowest BCUT2D eigenvalue weighted by molar-refractivity contribution is -0.147. The van der Waals surface area contributed by atoms with Gasteiger partial charge in [0.25, 0.3) is 11.1 Å². The number of nitrogens with zero attached hydrogens (tertiary/aromatic N) is 2. The standard InChI is InChI=1S/C25H31ClN2O5.C24H29ClN2O5/c1-28-16-19(26)15-20(22(28)29)18-8-6-17(7-9-18)14-21(23(30)33-3)27-24(31)25(12-13-32-2)10-4-5-11-25;1-27-15-18(25)14-19(21(27)28)17-7-5-16(6-8-17)13-20(22(29)30)26-23(31)24(11-12-32-2)9-3-4-10-24/h6-9,15-16,21H,4-5,10-14H2,1-3H3,(H,27,31);5-8,14-15,20H,3-4,9-13H2,1-2H3,(H,26,31)(H,29,30). The summed E-state index contributed by atoms with van der Waals surface area (Å²) in [7, 11) is 7.83. The molecule has 0 aliphatic heterocycles. The Morgan fingerprint density at radius 2 is 1.02 bits per heavy atom. The number of carboxylic acid groups (broad SMARTS) is 1. The van der Waals surface area contributed by atoms with E-state index in [0.717, 1.165) is 68.1 Å². The summed E-state index contributed by atoms with van der Waals surface area (Å²) in [6, 6.07) is 15.8. The molecule has 2 heterocycles. The molecule has 6 rings (SSSR count). The maximum Gasteiger partial charge on any atom is 0.328 e. The average Bonchev–Trinajstić information content (AvgIpc) is 3.99. The molecule has 0 bridgehead atoms. The third-order valence-electron chi connectivity index (χ3n) is 12.8. The van der Waals surface area contributed by atoms with Crippen molar-refractivity contribution in [2.75, 3.05) is 34.5 Å². The third-order valence-corrected chi connectivity index (χ3v) is 13.2. The Hall–Kier alpha value is -5.28. The quantitative estimate of drug-likeness (QED) is 0.0886. The number of carbonyl (C=O) groups is 4. The Morgan fingerprint density at radius 1 is 0.646 bits per heavy atom. The van der Waals surface area contributed by atoms with Gasteiger partial charge in [0, 0.05) is 77.9 Å². The molecule has 2 fully saturated rings. The van der Waals surface area contributed by atoms with Gasteiger partial charge in [-0.3, -0.25) is 19.2 Å². The molecular formula is C49H60Cl2N4O10. The number of carbonyl (C=O) groups excluding carboxylic acids is 3. The summed E-state index contributed by atoms with van der Waals surface area (Å²) in [6.07, 6.45) is 11.7. The summed E-state index contributed by atoms with van der Waals surface area (Å²) >= 11 is 12.2. The summed E-state index contributed by atoms with van der Waals surface area (Å²) in [5.74, 6) is -1.90. The molecule has 0 radical (unpaired) electrons. The van der Waals surface area contributed by atoms with Crippen LogP contribution in [0.3, 0.4) is 0 Å². The minimum Gasteiger partial charge on any atom is -0.480 e. The van der Waals surface area contributed by atoms with Crippen molar-refractivity contribution in [3.05, 3.63) is 115 Å². The van der Waals surface area contributed by atoms with E-state index in [2.05, 4.69) is 10.6 Å². The van der Waals surface area contributed by atoms with E-state index in [4.69, 9.17) is 37.4 Å². The van der Waals surface area contributed by atoms with Crippen LogP contribution in [0.1, 0.15) is 75.3 Å². The molecule has 0 saturated heterocycles. The topological polar surface area (TPSA) is 184 Å². The number of halogens is 2. The molecule has 2 aromatic heterocycles. The van der Waals surface area contributed by atoms with Gasteiger partial charge in [-0.2, -0.15) is 0 Å². The van der Waals surface area contributed by atoms with Gasteiger partial charge in [0.1, 0.15) is 12.1 Å². The lowest BCUT2D eigenvalue weighted by Gasteiger charge is -2.29. The van der Waals surface area contributed by atoms with E-state index in [1.165, 1.54) is 16.2 Å². The number of methoxy groups -OCH3 is 3. The van der Waals surface area contributed by atoms with Crippen molar-refractivity contribution in [3.63, 3.8) is 0 Å². The fraction of sp³-hybridized carbons (Fsp3) is 0.469. The number of aliphatic carboxylic acids is 1. The van der Waals surface area contributed by atoms with Crippen molar-refractivity contribution < 1.29 is 38.5 Å². The van der Waals surface area contributed by atoms with Crippen molar-refractivity contribution in [3.8, 4) is 22.3 Å². The first-order valence-electron chi connectivity index (χ1n) is 21.9. The second kappa shape index (κ2) is 23.3. The third kappa shape index (κ3) is 13.0. The number of amides is 2. The number of aryl methyl sites for hydroxylation is 2. The first kappa shape index (κ1) is 50.7. The molecule has 16 heteroatoms. The monoisotopic (exact) mass is 934 g/mol. The Bertz CT molecular complexity index is 2400. The largest absolute Gasteiger partial charge is 0.480 e. The van der Waals surface area contributed by atoms with E-state index in [1.807, 2.05) is 24.3 Å². The van der Waals surface area contributed by atoms with E-state index in [0.29, 0.717) is 52.8 Å². The van der Waals surface area contributed by atoms with E-state index < -0.39 is 34.9 Å². The summed E-state index contributed by atoms with van der Waals surface area (Å²) in [5, 5.41) is 16.3. The number of benzene rings is 2. The van der Waals surface area contributed by atoms with Crippen molar-refractivity contribution >= 4 is 47.0 Å². The van der Waals surface area contributed by atoms with Crippen molar-refractivity contribution in [2.45, 2.75) is 89.1 Å². The van der Waals surface area contributed by atoms with Gasteiger partial charge >= 0.3 is 11.9 Å². The molecule has 14 nitrogen and oxygen atoms in total. The minimum absolute atomic E-state index is 0.119. The fourth-order valence-electron chi connectivity index (χ4n) is 8.90. The smallest absolute Gasteiger partial charge is 0.328 e. The van der Waals surface area contributed by atoms with Gasteiger partial charge in [0.15, 0.2) is 0 Å². The first-order valence-corrected chi connectivity index (χ1v) is 22.6. The van der Waals surface area contributed by atoms with Gasteiger partial charge in [-0.25, -0.2) is 9.59 Å². The molecule has 2 aliphatic carbocycles. The van der Waals surface area contributed by atoms with Crippen LogP contribution in [0.25, 0.3) is 22.3 Å². The van der Waals surface area contributed by atoms with Crippen molar-refractivity contribution in [1.82, 2.24) is 19.8 Å². The van der Waals surface area contributed by atoms with Gasteiger partial charge in [-0.05, 0) is 72.9 Å². The lowest BCUT2D eigenvalue weighted by Crippen LogP contribution is -2.49. The van der Waals surface area contributed by atoms with Gasteiger partial charge in [0.05, 0.1) is 28.0 Å². The van der Waals surface area contributed by atoms with Gasteiger partial charge in [-0.1, -0.05) is 97.4 Å². The Morgan fingerprint density at radius 3 is 1.37 bits per heavy atom. The maximum absolute atomic E-state index is 13.2. The molecule has 3 N–H and O–H groups in total. The van der Waals surface area contributed by atoms with Crippen LogP contribution in [0.15, 0.2) is 82.6 Å². The fourth-order valence-corrected chi connectivity index (χ4v) is 9.42. The number of carboxylic acids is 1. The number of esters is 1. The zero-order valence-electron chi connectivity index (χ0n) is 37.8. The number of nitrogens with one attached hydrogen (secondary N) is 2. The van der Waals surface area contributed by atoms with Gasteiger partial charge < -0.3 is 39.1 Å². The van der Waals surface area contributed by atoms with Crippen molar-refractivity contribution in [1.29, 1.82) is 0 Å². The normalized spacial score (nSPS) is 15.9. The van der Waals surface area contributed by atoms with Crippen LogP contribution in [-0.4, -0.2) is 84.6 Å². The SMILES string of the molecule is COCCC1(C(=O)NC(Cc2ccc(-c3cc(Cl)cn(C)c3=O)cc2)C(=O)O)CCCC1.COCCC1(C(=O)NC(Cc2ccc(-c3cc(Cl)cn(C)c3=O)cc2)C(=O)OC)CCCC1. The number of hydrogen-bond acceptors (Lipinski definition) is 9. The van der Waals surface area contributed by atoms with Crippen LogP contribution < -0.4 is 21.8 Å². The molecular weight excluding hydrogens is 875 g/mol. The van der Waals surface area contributed by atoms with Crippen LogP contribution in [0.2, 0.25) is 10.0 Å². The molecule has 2 atom stereocenters. The Balaban J connectivity index is 0.000000244. The van der Waals surface area contributed by atoms with Crippen molar-refractivity contribution in [2.24, 2.45) is 24.9 Å². The van der Waals surface area contributed by atoms with Crippen LogP contribution in [0.5, 0.6) is 0 Å². The molecule has 2 aliphatic rings. The second-order valence-corrected chi connectivity index (χ2v) is 18.0. The number of rotatable bonds is 18. The van der Waals surface area contributed by atoms with Crippen LogP contribution in [0, 0.1) is 10.8 Å². The Kier molecular flexibility index (Phi) is 18.1. The van der Waals surface area contributed by atoms with E-state index in [1.54, 1.807) is 77.1 Å². The summed E-state index contributed by atoms with van der Waals surface area (Å²) in [5.41, 5.74) is 2.59. The summed E-state index contributed by atoms with van der Waals surface area (Å²) in [6.45, 7) is 0.969. The predicted octanol–water partition coefficient (Wildman–Crippen LogP) is 6.92. The van der Waals surface area contributed by atoms with Crippen LogP contribution in [-0.2, 0) is 60.3 Å². The van der Waals surface area contributed by atoms with Crippen LogP contribution >= 0.6 is 23.2 Å². The molecule has 2 saturated carbocycles. The summed E-state index contributed by atoms with van der Waals surface area (Å²) < 4.78 is 18.2. The van der Waals surface area contributed by atoms with Gasteiger partial charge in [0.2, 0.25) is 11.8 Å². The highest BCUT2D eigenvalue weighted by molar-refractivity contribution is 6.31. The van der Waals surface area contributed by atoms with E-state index in [-0.39, 0.29) is 35.8 Å². The lowest BCUT2D eigenvalue weighted by atomic mass is 9.81. The zero-order chi connectivity index (χ0) is 47.3.